The highest BCUT2D eigenvalue weighted by atomic mass is 35.5. The first-order chi connectivity index (χ1) is 12.6. The highest BCUT2D eigenvalue weighted by Gasteiger charge is 2.18. The molecule has 0 radical (unpaired) electrons. The van der Waals surface area contributed by atoms with Gasteiger partial charge in [-0.1, -0.05) is 47.1 Å². The van der Waals surface area contributed by atoms with E-state index in [4.69, 9.17) is 20.5 Å². The lowest BCUT2D eigenvalue weighted by Gasteiger charge is -2.00. The van der Waals surface area contributed by atoms with Crippen molar-refractivity contribution >= 4 is 28.5 Å². The van der Waals surface area contributed by atoms with Crippen LogP contribution < -0.4 is 5.32 Å². The highest BCUT2D eigenvalue weighted by Crippen LogP contribution is 2.28. The molecule has 0 saturated heterocycles. The summed E-state index contributed by atoms with van der Waals surface area (Å²) in [6, 6.07) is 16.8. The van der Waals surface area contributed by atoms with Gasteiger partial charge in [0.25, 0.3) is 5.91 Å². The van der Waals surface area contributed by atoms with Crippen molar-refractivity contribution in [1.29, 1.82) is 0 Å². The number of aryl methyl sites for hydroxylation is 1. The summed E-state index contributed by atoms with van der Waals surface area (Å²) >= 11 is 6.01. The van der Waals surface area contributed by atoms with Crippen molar-refractivity contribution in [2.24, 2.45) is 0 Å². The third-order valence-corrected chi connectivity index (χ3v) is 4.39. The second-order valence-corrected chi connectivity index (χ2v) is 6.36. The fraction of sp³-hybridized carbons (Fsp3) is 0.100. The van der Waals surface area contributed by atoms with Gasteiger partial charge in [-0.15, -0.1) is 0 Å². The van der Waals surface area contributed by atoms with Crippen LogP contribution in [0.15, 0.2) is 63.5 Å². The number of hydrogen-bond donors (Lipinski definition) is 1. The molecule has 2 aromatic heterocycles. The zero-order chi connectivity index (χ0) is 18.1. The van der Waals surface area contributed by atoms with Gasteiger partial charge in [-0.3, -0.25) is 4.79 Å². The number of nitrogens with zero attached hydrogens (tertiary/aromatic N) is 1. The van der Waals surface area contributed by atoms with E-state index in [1.54, 1.807) is 24.3 Å². The lowest BCUT2D eigenvalue weighted by molar-refractivity contribution is 0.0920. The summed E-state index contributed by atoms with van der Waals surface area (Å²) in [5.74, 6) is 0.520. The maximum atomic E-state index is 12.5. The Morgan fingerprint density at radius 1 is 1.15 bits per heavy atom. The molecule has 1 amide bonds. The number of rotatable bonds is 4. The van der Waals surface area contributed by atoms with Gasteiger partial charge in [-0.2, -0.15) is 0 Å². The van der Waals surface area contributed by atoms with Crippen molar-refractivity contribution in [3.63, 3.8) is 0 Å². The molecule has 0 aliphatic rings. The summed E-state index contributed by atoms with van der Waals surface area (Å²) in [6.07, 6.45) is 0. The number of amides is 1. The number of nitrogens with one attached hydrogen (secondary N) is 1. The molecular formula is C20H15ClN2O3. The van der Waals surface area contributed by atoms with Gasteiger partial charge >= 0.3 is 0 Å². The standard InChI is InChI=1S/C20H15ClN2O3/c1-12-16-9-14(21)7-8-18(16)25-19(12)20(24)22-11-15-10-17(23-26-15)13-5-3-2-4-6-13/h2-10H,11H2,1H3,(H,22,24). The molecule has 0 unspecified atom stereocenters. The number of furan rings is 1. The minimum atomic E-state index is -0.313. The first kappa shape index (κ1) is 16.4. The van der Waals surface area contributed by atoms with Gasteiger partial charge in [-0.05, 0) is 25.1 Å². The van der Waals surface area contributed by atoms with Crippen LogP contribution >= 0.6 is 11.6 Å². The molecule has 0 spiro atoms. The van der Waals surface area contributed by atoms with Gasteiger partial charge in [0.2, 0.25) is 0 Å². The lowest BCUT2D eigenvalue weighted by Crippen LogP contribution is -2.22. The summed E-state index contributed by atoms with van der Waals surface area (Å²) in [5.41, 5.74) is 3.06. The normalized spacial score (nSPS) is 11.0. The number of carbonyl (C=O) groups excluding carboxylic acids is 1. The second kappa shape index (κ2) is 6.69. The van der Waals surface area contributed by atoms with Crippen LogP contribution in [0.4, 0.5) is 0 Å². The fourth-order valence-corrected chi connectivity index (χ4v) is 2.97. The molecule has 26 heavy (non-hydrogen) atoms. The molecule has 0 aliphatic heterocycles. The maximum Gasteiger partial charge on any atom is 0.287 e. The third-order valence-electron chi connectivity index (χ3n) is 4.16. The van der Waals surface area contributed by atoms with Crippen molar-refractivity contribution in [3.05, 3.63) is 76.7 Å². The van der Waals surface area contributed by atoms with E-state index in [-0.39, 0.29) is 18.2 Å². The van der Waals surface area contributed by atoms with Crippen LogP contribution in [0.5, 0.6) is 0 Å². The number of hydrogen-bond acceptors (Lipinski definition) is 4. The molecule has 0 atom stereocenters. The summed E-state index contributed by atoms with van der Waals surface area (Å²) in [6.45, 7) is 2.05. The highest BCUT2D eigenvalue weighted by molar-refractivity contribution is 6.31. The predicted octanol–water partition coefficient (Wildman–Crippen LogP) is 4.98. The molecule has 2 heterocycles. The van der Waals surface area contributed by atoms with Gasteiger partial charge in [-0.25, -0.2) is 0 Å². The van der Waals surface area contributed by atoms with Gasteiger partial charge in [0.05, 0.1) is 6.54 Å². The van der Waals surface area contributed by atoms with Crippen LogP contribution in [0, 0.1) is 6.92 Å². The summed E-state index contributed by atoms with van der Waals surface area (Å²) in [5, 5.41) is 8.26. The van der Waals surface area contributed by atoms with Gasteiger partial charge < -0.3 is 14.3 Å². The molecule has 130 valence electrons. The lowest BCUT2D eigenvalue weighted by atomic mass is 10.1. The van der Waals surface area contributed by atoms with E-state index in [2.05, 4.69) is 10.5 Å². The molecule has 5 nitrogen and oxygen atoms in total. The van der Waals surface area contributed by atoms with Gasteiger partial charge in [0.1, 0.15) is 11.3 Å². The zero-order valence-electron chi connectivity index (χ0n) is 14.0. The SMILES string of the molecule is Cc1c(C(=O)NCc2cc(-c3ccccc3)no2)oc2ccc(Cl)cc12. The fourth-order valence-electron chi connectivity index (χ4n) is 2.80. The predicted molar refractivity (Wildman–Crippen MR) is 99.1 cm³/mol. The van der Waals surface area contributed by atoms with Gasteiger partial charge in [0.15, 0.2) is 11.5 Å². The Morgan fingerprint density at radius 3 is 2.77 bits per heavy atom. The quantitative estimate of drug-likeness (QED) is 0.553. The molecule has 1 N–H and O–H groups in total. The minimum absolute atomic E-state index is 0.218. The second-order valence-electron chi connectivity index (χ2n) is 5.92. The molecule has 4 aromatic rings. The summed E-state index contributed by atoms with van der Waals surface area (Å²) in [4.78, 5) is 12.5. The van der Waals surface area contributed by atoms with Crippen molar-refractivity contribution in [3.8, 4) is 11.3 Å². The van der Waals surface area contributed by atoms with Crippen molar-refractivity contribution in [2.45, 2.75) is 13.5 Å². The minimum Gasteiger partial charge on any atom is -0.451 e. The largest absolute Gasteiger partial charge is 0.451 e. The number of fused-ring (bicyclic) bond motifs is 1. The van der Waals surface area contributed by atoms with E-state index < -0.39 is 0 Å². The van der Waals surface area contributed by atoms with Crippen LogP contribution in [-0.4, -0.2) is 11.1 Å². The molecule has 4 rings (SSSR count). The Hall–Kier alpha value is -3.05. The van der Waals surface area contributed by atoms with E-state index in [1.807, 2.05) is 37.3 Å². The van der Waals surface area contributed by atoms with Crippen LogP contribution in [0.1, 0.15) is 21.9 Å². The van der Waals surface area contributed by atoms with Crippen LogP contribution in [0.3, 0.4) is 0 Å². The first-order valence-corrected chi connectivity index (χ1v) is 8.47. The van der Waals surface area contributed by atoms with Crippen LogP contribution in [0.25, 0.3) is 22.2 Å². The number of benzene rings is 2. The monoisotopic (exact) mass is 366 g/mol. The Bertz CT molecular complexity index is 1080. The van der Waals surface area contributed by atoms with Crippen molar-refractivity contribution in [1.82, 2.24) is 10.5 Å². The van der Waals surface area contributed by atoms with Crippen LogP contribution in [-0.2, 0) is 6.54 Å². The van der Waals surface area contributed by atoms with E-state index in [9.17, 15) is 4.79 Å². The molecule has 0 bridgehead atoms. The Balaban J connectivity index is 1.49. The number of halogens is 1. The van der Waals surface area contributed by atoms with Crippen molar-refractivity contribution < 1.29 is 13.7 Å². The Labute approximate surface area is 154 Å². The summed E-state index contributed by atoms with van der Waals surface area (Å²) in [7, 11) is 0. The Kier molecular flexibility index (Phi) is 4.22. The van der Waals surface area contributed by atoms with E-state index in [1.165, 1.54) is 0 Å². The molecule has 6 heteroatoms. The van der Waals surface area contributed by atoms with Crippen molar-refractivity contribution in [2.75, 3.05) is 0 Å². The first-order valence-electron chi connectivity index (χ1n) is 8.09. The zero-order valence-corrected chi connectivity index (χ0v) is 14.7. The third kappa shape index (κ3) is 3.09. The van der Waals surface area contributed by atoms with Crippen LogP contribution in [0.2, 0.25) is 5.02 Å². The molecule has 0 saturated carbocycles. The Morgan fingerprint density at radius 2 is 1.96 bits per heavy atom. The molecular weight excluding hydrogens is 352 g/mol. The molecule has 2 aromatic carbocycles. The average molecular weight is 367 g/mol. The molecule has 0 aliphatic carbocycles. The molecule has 0 fully saturated rings. The number of aromatic nitrogens is 1. The number of carbonyl (C=O) groups is 1. The van der Waals surface area contributed by atoms with E-state index >= 15 is 0 Å². The van der Waals surface area contributed by atoms with E-state index in [0.29, 0.717) is 16.4 Å². The topological polar surface area (TPSA) is 68.3 Å². The maximum absolute atomic E-state index is 12.5. The van der Waals surface area contributed by atoms with Gasteiger partial charge in [0, 0.05) is 27.6 Å². The smallest absolute Gasteiger partial charge is 0.287 e. The van der Waals surface area contributed by atoms with E-state index in [0.717, 1.165) is 22.2 Å². The summed E-state index contributed by atoms with van der Waals surface area (Å²) < 4.78 is 11.0. The average Bonchev–Trinajstić information content (AvgIpc) is 3.26.